The number of hydrogen-bond acceptors (Lipinski definition) is 6. The fourth-order valence-electron chi connectivity index (χ4n) is 4.11. The molecule has 1 amide bonds. The standard InChI is InChI=1S/C24H30N2O5S/c27-23(26-31-22-8-4-5-15-30-22)24(13-16-32(28,29)17-14-24)25-18-19-9-11-21(12-10-19)20-6-2-1-3-7-20/h1-3,6-7,9-12,22,25H,4-5,8,13-18H2,(H,26,27). The van der Waals surface area contributed by atoms with E-state index in [1.165, 1.54) is 0 Å². The Hall–Kier alpha value is -2.26. The van der Waals surface area contributed by atoms with E-state index in [0.717, 1.165) is 36.0 Å². The molecular formula is C24H30N2O5S. The maximum atomic E-state index is 13.1. The van der Waals surface area contributed by atoms with Crippen LogP contribution in [0.5, 0.6) is 0 Å². The van der Waals surface area contributed by atoms with Gasteiger partial charge in [0, 0.05) is 19.6 Å². The molecule has 2 aromatic carbocycles. The predicted molar refractivity (Wildman–Crippen MR) is 122 cm³/mol. The van der Waals surface area contributed by atoms with Gasteiger partial charge < -0.3 is 4.74 Å². The van der Waals surface area contributed by atoms with E-state index in [9.17, 15) is 13.2 Å². The van der Waals surface area contributed by atoms with Crippen LogP contribution in [0.2, 0.25) is 0 Å². The Morgan fingerprint density at radius 2 is 1.69 bits per heavy atom. The van der Waals surface area contributed by atoms with E-state index in [2.05, 4.69) is 22.9 Å². The molecule has 4 rings (SSSR count). The molecule has 7 nitrogen and oxygen atoms in total. The largest absolute Gasteiger partial charge is 0.350 e. The van der Waals surface area contributed by atoms with Crippen molar-refractivity contribution < 1.29 is 22.8 Å². The summed E-state index contributed by atoms with van der Waals surface area (Å²) in [5, 5.41) is 3.34. The first-order chi connectivity index (χ1) is 15.5. The van der Waals surface area contributed by atoms with Gasteiger partial charge >= 0.3 is 0 Å². The van der Waals surface area contributed by atoms with Gasteiger partial charge in [0.1, 0.15) is 15.4 Å². The number of nitrogens with one attached hydrogen (secondary N) is 2. The maximum absolute atomic E-state index is 13.1. The number of benzene rings is 2. The first-order valence-corrected chi connectivity index (χ1v) is 13.0. The Labute approximate surface area is 189 Å². The summed E-state index contributed by atoms with van der Waals surface area (Å²) in [7, 11) is -3.13. The lowest BCUT2D eigenvalue weighted by Crippen LogP contribution is -2.60. The third-order valence-electron chi connectivity index (χ3n) is 6.23. The number of ether oxygens (including phenoxy) is 1. The van der Waals surface area contributed by atoms with Crippen molar-refractivity contribution in [3.05, 3.63) is 60.2 Å². The maximum Gasteiger partial charge on any atom is 0.263 e. The zero-order valence-corrected chi connectivity index (χ0v) is 18.9. The summed E-state index contributed by atoms with van der Waals surface area (Å²) in [6.07, 6.45) is 2.66. The number of amides is 1. The van der Waals surface area contributed by atoms with Crippen molar-refractivity contribution in [2.45, 2.75) is 50.5 Å². The van der Waals surface area contributed by atoms with Crippen LogP contribution in [0.25, 0.3) is 11.1 Å². The number of carbonyl (C=O) groups excluding carboxylic acids is 1. The molecule has 2 aliphatic rings. The monoisotopic (exact) mass is 458 g/mol. The minimum atomic E-state index is -3.13. The van der Waals surface area contributed by atoms with Gasteiger partial charge in [-0.05, 0) is 42.4 Å². The Morgan fingerprint density at radius 3 is 2.34 bits per heavy atom. The van der Waals surface area contributed by atoms with Crippen molar-refractivity contribution in [3.8, 4) is 11.1 Å². The van der Waals surface area contributed by atoms with Crippen LogP contribution in [0.4, 0.5) is 0 Å². The van der Waals surface area contributed by atoms with E-state index in [1.807, 2.05) is 42.5 Å². The van der Waals surface area contributed by atoms with Gasteiger partial charge in [-0.1, -0.05) is 54.6 Å². The second-order valence-electron chi connectivity index (χ2n) is 8.50. The van der Waals surface area contributed by atoms with E-state index in [4.69, 9.17) is 9.57 Å². The molecule has 1 atom stereocenters. The number of rotatable bonds is 7. The molecule has 0 aromatic heterocycles. The van der Waals surface area contributed by atoms with Crippen molar-refractivity contribution >= 4 is 15.7 Å². The summed E-state index contributed by atoms with van der Waals surface area (Å²) < 4.78 is 29.5. The van der Waals surface area contributed by atoms with Crippen molar-refractivity contribution in [2.75, 3.05) is 18.1 Å². The van der Waals surface area contributed by atoms with Crippen molar-refractivity contribution in [1.82, 2.24) is 10.8 Å². The average molecular weight is 459 g/mol. The molecule has 0 radical (unpaired) electrons. The van der Waals surface area contributed by atoms with Gasteiger partial charge in [-0.15, -0.1) is 0 Å². The van der Waals surface area contributed by atoms with Crippen molar-refractivity contribution in [3.63, 3.8) is 0 Å². The summed E-state index contributed by atoms with van der Waals surface area (Å²) in [4.78, 5) is 18.6. The quantitative estimate of drug-likeness (QED) is 0.620. The van der Waals surface area contributed by atoms with Crippen LogP contribution in [0.1, 0.15) is 37.7 Å². The third-order valence-corrected chi connectivity index (χ3v) is 7.88. The Balaban J connectivity index is 1.41. The van der Waals surface area contributed by atoms with Crippen LogP contribution in [0.15, 0.2) is 54.6 Å². The molecule has 2 saturated heterocycles. The molecule has 2 aromatic rings. The highest BCUT2D eigenvalue weighted by atomic mass is 32.2. The van der Waals surface area contributed by atoms with Crippen molar-refractivity contribution in [2.24, 2.45) is 0 Å². The normalized spacial score (nSPS) is 22.2. The SMILES string of the molecule is O=C(NOC1CCCCO1)C1(NCc2ccc(-c3ccccc3)cc2)CCS(=O)(=O)CC1. The van der Waals surface area contributed by atoms with Gasteiger partial charge in [-0.2, -0.15) is 0 Å². The lowest BCUT2D eigenvalue weighted by Gasteiger charge is -2.37. The van der Waals surface area contributed by atoms with E-state index >= 15 is 0 Å². The Kier molecular flexibility index (Phi) is 7.25. The molecule has 0 bridgehead atoms. The topological polar surface area (TPSA) is 93.7 Å². The number of sulfone groups is 1. The van der Waals surface area contributed by atoms with Crippen LogP contribution in [-0.2, 0) is 30.8 Å². The van der Waals surface area contributed by atoms with Gasteiger partial charge in [0.25, 0.3) is 5.91 Å². The zero-order chi connectivity index (χ0) is 22.4. The summed E-state index contributed by atoms with van der Waals surface area (Å²) in [6.45, 7) is 1.06. The minimum absolute atomic E-state index is 0.0275. The number of hydroxylamine groups is 1. The van der Waals surface area contributed by atoms with Crippen LogP contribution in [0.3, 0.4) is 0 Å². The first-order valence-electron chi connectivity index (χ1n) is 11.1. The molecule has 8 heteroatoms. The van der Waals surface area contributed by atoms with E-state index in [0.29, 0.717) is 13.2 Å². The number of carbonyl (C=O) groups is 1. The lowest BCUT2D eigenvalue weighted by molar-refractivity contribution is -0.203. The van der Waals surface area contributed by atoms with E-state index in [1.54, 1.807) is 0 Å². The predicted octanol–water partition coefficient (Wildman–Crippen LogP) is 2.97. The molecule has 0 aliphatic carbocycles. The highest BCUT2D eigenvalue weighted by Crippen LogP contribution is 2.26. The second kappa shape index (κ2) is 10.1. The summed E-state index contributed by atoms with van der Waals surface area (Å²) in [5.41, 5.74) is 4.81. The first kappa shape index (κ1) is 22.9. The van der Waals surface area contributed by atoms with E-state index < -0.39 is 21.7 Å². The third kappa shape index (κ3) is 5.75. The highest BCUT2D eigenvalue weighted by molar-refractivity contribution is 7.91. The van der Waals surface area contributed by atoms with Gasteiger partial charge in [-0.25, -0.2) is 18.7 Å². The molecule has 172 valence electrons. The second-order valence-corrected chi connectivity index (χ2v) is 10.8. The van der Waals surface area contributed by atoms with Crippen LogP contribution in [0, 0.1) is 0 Å². The van der Waals surface area contributed by atoms with E-state index in [-0.39, 0.29) is 30.3 Å². The zero-order valence-electron chi connectivity index (χ0n) is 18.1. The van der Waals surface area contributed by atoms with Gasteiger partial charge in [0.2, 0.25) is 0 Å². The summed E-state index contributed by atoms with van der Waals surface area (Å²) in [5.74, 6) is -0.400. The highest BCUT2D eigenvalue weighted by Gasteiger charge is 2.43. The lowest BCUT2D eigenvalue weighted by atomic mass is 9.91. The molecule has 0 spiro atoms. The Bertz CT molecular complexity index is 988. The van der Waals surface area contributed by atoms with Gasteiger partial charge in [0.05, 0.1) is 11.5 Å². The molecule has 0 saturated carbocycles. The molecular weight excluding hydrogens is 428 g/mol. The smallest absolute Gasteiger partial charge is 0.263 e. The summed E-state index contributed by atoms with van der Waals surface area (Å²) >= 11 is 0. The summed E-state index contributed by atoms with van der Waals surface area (Å²) in [6, 6.07) is 18.3. The molecule has 2 N–H and O–H groups in total. The molecule has 2 aliphatic heterocycles. The van der Waals surface area contributed by atoms with Gasteiger partial charge in [0.15, 0.2) is 6.29 Å². The fourth-order valence-corrected chi connectivity index (χ4v) is 5.63. The van der Waals surface area contributed by atoms with Crippen LogP contribution >= 0.6 is 0 Å². The van der Waals surface area contributed by atoms with Crippen molar-refractivity contribution in [1.29, 1.82) is 0 Å². The Morgan fingerprint density at radius 1 is 1.00 bits per heavy atom. The molecule has 2 heterocycles. The average Bonchev–Trinajstić information content (AvgIpc) is 2.84. The molecule has 2 fully saturated rings. The van der Waals surface area contributed by atoms with Crippen LogP contribution < -0.4 is 10.8 Å². The molecule has 32 heavy (non-hydrogen) atoms. The fraction of sp³-hybridized carbons (Fsp3) is 0.458. The van der Waals surface area contributed by atoms with Gasteiger partial charge in [-0.3, -0.25) is 10.1 Å². The number of hydrogen-bond donors (Lipinski definition) is 2. The minimum Gasteiger partial charge on any atom is -0.350 e. The molecule has 1 unspecified atom stereocenters. The van der Waals surface area contributed by atoms with Crippen LogP contribution in [-0.4, -0.2) is 44.3 Å².